The number of amides is 3. The van der Waals surface area contributed by atoms with Gasteiger partial charge < -0.3 is 20.9 Å². The highest BCUT2D eigenvalue weighted by Crippen LogP contribution is 2.46. The molecule has 1 saturated carbocycles. The van der Waals surface area contributed by atoms with E-state index in [0.717, 1.165) is 50.6 Å². The van der Waals surface area contributed by atoms with E-state index in [1.807, 2.05) is 25.7 Å². The summed E-state index contributed by atoms with van der Waals surface area (Å²) in [4.78, 5) is 41.5. The number of hydrogen-bond donors (Lipinski definition) is 2. The molecule has 0 bridgehead atoms. The molecule has 3 atom stereocenters. The lowest BCUT2D eigenvalue weighted by Gasteiger charge is -2.47. The normalized spacial score (nSPS) is 24.9. The van der Waals surface area contributed by atoms with Crippen LogP contribution in [-0.2, 0) is 20.8 Å². The van der Waals surface area contributed by atoms with E-state index in [1.54, 1.807) is 12.1 Å². The van der Waals surface area contributed by atoms with Gasteiger partial charge in [0.05, 0.1) is 11.3 Å². The standard InChI is InChI=1S/C25H37FN2O2.C10H20N2O/c1-24(2,3)27-23(30)25(20-7-5-4-6-8-20)15-17-28(18-16-25)22(29)14-11-19-9-12-21(26)13-10-19;1-4-8-5-9(10(11)13)7(2)12(3)6-8/h9-10,12-13,20H,4-8,11,14-18H2,1-3H3,(H,27,30);7-9H,4-6H2,1-3H3,(H2,11,13). The number of likely N-dealkylation sites (tertiary alicyclic amines) is 2. The Hall–Kier alpha value is -2.48. The third-order valence-corrected chi connectivity index (χ3v) is 10.2. The van der Waals surface area contributed by atoms with Crippen LogP contribution in [0.5, 0.6) is 0 Å². The molecular formula is C35H57FN4O3. The van der Waals surface area contributed by atoms with Gasteiger partial charge in [-0.2, -0.15) is 0 Å². The van der Waals surface area contributed by atoms with Crippen molar-refractivity contribution in [2.75, 3.05) is 26.7 Å². The number of nitrogens with zero attached hydrogens (tertiary/aromatic N) is 2. The Morgan fingerprint density at radius 2 is 1.65 bits per heavy atom. The van der Waals surface area contributed by atoms with Gasteiger partial charge in [0, 0.05) is 37.6 Å². The minimum absolute atomic E-state index is 0.0451. The largest absolute Gasteiger partial charge is 0.369 e. The van der Waals surface area contributed by atoms with Crippen LogP contribution in [0.3, 0.4) is 0 Å². The smallest absolute Gasteiger partial charge is 0.227 e. The van der Waals surface area contributed by atoms with E-state index < -0.39 is 0 Å². The lowest BCUT2D eigenvalue weighted by molar-refractivity contribution is -0.146. The van der Waals surface area contributed by atoms with Crippen molar-refractivity contribution >= 4 is 17.7 Å². The Kier molecular flexibility index (Phi) is 12.6. The van der Waals surface area contributed by atoms with Crippen LogP contribution in [0.1, 0.15) is 104 Å². The summed E-state index contributed by atoms with van der Waals surface area (Å²) in [6.07, 6.45) is 10.6. The van der Waals surface area contributed by atoms with Crippen LogP contribution < -0.4 is 11.1 Å². The van der Waals surface area contributed by atoms with Crippen molar-refractivity contribution in [2.45, 2.75) is 117 Å². The van der Waals surface area contributed by atoms with E-state index in [9.17, 15) is 18.8 Å². The number of hydrogen-bond acceptors (Lipinski definition) is 4. The lowest BCUT2D eigenvalue weighted by Crippen LogP contribution is -2.57. The van der Waals surface area contributed by atoms with E-state index in [1.165, 1.54) is 31.4 Å². The average molecular weight is 601 g/mol. The first-order valence-corrected chi connectivity index (χ1v) is 16.6. The zero-order valence-corrected chi connectivity index (χ0v) is 27.6. The number of nitrogens with two attached hydrogens (primary N) is 1. The summed E-state index contributed by atoms with van der Waals surface area (Å²) >= 11 is 0. The molecule has 1 aromatic carbocycles. The number of rotatable bonds is 7. The molecule has 7 nitrogen and oxygen atoms in total. The van der Waals surface area contributed by atoms with Gasteiger partial charge >= 0.3 is 0 Å². The Morgan fingerprint density at radius 1 is 1.05 bits per heavy atom. The predicted molar refractivity (Wildman–Crippen MR) is 171 cm³/mol. The number of carbonyl (C=O) groups is 3. The Morgan fingerprint density at radius 3 is 2.19 bits per heavy atom. The monoisotopic (exact) mass is 600 g/mol. The van der Waals surface area contributed by atoms with E-state index in [2.05, 4.69) is 31.1 Å². The summed E-state index contributed by atoms with van der Waals surface area (Å²) in [5.74, 6) is 1.02. The zero-order valence-electron chi connectivity index (χ0n) is 27.6. The molecule has 4 rings (SSSR count). The number of primary amides is 1. The van der Waals surface area contributed by atoms with E-state index >= 15 is 0 Å². The maximum absolute atomic E-state index is 13.4. The second-order valence-electron chi connectivity index (χ2n) is 14.4. The second-order valence-corrected chi connectivity index (χ2v) is 14.4. The van der Waals surface area contributed by atoms with Crippen LogP contribution in [-0.4, -0.2) is 65.8 Å². The van der Waals surface area contributed by atoms with Crippen molar-refractivity contribution in [1.82, 2.24) is 15.1 Å². The summed E-state index contributed by atoms with van der Waals surface area (Å²) in [6.45, 7) is 12.8. The lowest BCUT2D eigenvalue weighted by atomic mass is 9.63. The fourth-order valence-corrected chi connectivity index (χ4v) is 7.32. The minimum Gasteiger partial charge on any atom is -0.369 e. The molecule has 8 heteroatoms. The Balaban J connectivity index is 0.000000326. The highest BCUT2D eigenvalue weighted by molar-refractivity contribution is 5.84. The number of aryl methyl sites for hydroxylation is 1. The Bertz CT molecular complexity index is 1060. The highest BCUT2D eigenvalue weighted by atomic mass is 19.1. The third-order valence-electron chi connectivity index (χ3n) is 10.2. The van der Waals surface area contributed by atoms with Crippen molar-refractivity contribution in [3.8, 4) is 0 Å². The number of halogens is 1. The third kappa shape index (κ3) is 9.75. The Labute approximate surface area is 259 Å². The van der Waals surface area contributed by atoms with Gasteiger partial charge in [-0.3, -0.25) is 14.4 Å². The van der Waals surface area contributed by atoms with Crippen LogP contribution in [0.2, 0.25) is 0 Å². The summed E-state index contributed by atoms with van der Waals surface area (Å²) in [6, 6.07) is 6.66. The maximum atomic E-state index is 13.4. The van der Waals surface area contributed by atoms with Crippen LogP contribution in [0, 0.1) is 29.0 Å². The number of benzene rings is 1. The van der Waals surface area contributed by atoms with Crippen LogP contribution >= 0.6 is 0 Å². The van der Waals surface area contributed by atoms with Gasteiger partial charge in [-0.15, -0.1) is 0 Å². The number of carbonyl (C=O) groups excluding carboxylic acids is 3. The van der Waals surface area contributed by atoms with Crippen molar-refractivity contribution in [2.24, 2.45) is 28.9 Å². The molecule has 0 spiro atoms. The molecule has 43 heavy (non-hydrogen) atoms. The van der Waals surface area contributed by atoms with Gasteiger partial charge in [0.2, 0.25) is 17.7 Å². The molecule has 3 amide bonds. The molecule has 0 aromatic heterocycles. The minimum atomic E-state index is -0.346. The van der Waals surface area contributed by atoms with Gasteiger partial charge in [-0.25, -0.2) is 4.39 Å². The molecule has 3 fully saturated rings. The van der Waals surface area contributed by atoms with Gasteiger partial charge in [-0.05, 0) is 103 Å². The molecular weight excluding hydrogens is 543 g/mol. The maximum Gasteiger partial charge on any atom is 0.227 e. The van der Waals surface area contributed by atoms with E-state index in [0.29, 0.717) is 43.8 Å². The molecule has 3 unspecified atom stereocenters. The van der Waals surface area contributed by atoms with Gasteiger partial charge in [0.1, 0.15) is 5.82 Å². The van der Waals surface area contributed by atoms with Crippen molar-refractivity contribution in [3.63, 3.8) is 0 Å². The quantitative estimate of drug-likeness (QED) is 0.420. The molecule has 1 aliphatic carbocycles. The van der Waals surface area contributed by atoms with Gasteiger partial charge in [0.15, 0.2) is 0 Å². The summed E-state index contributed by atoms with van der Waals surface area (Å²) in [7, 11) is 2.07. The molecule has 1 aromatic rings. The first kappa shape index (κ1) is 35.0. The van der Waals surface area contributed by atoms with Crippen molar-refractivity contribution in [3.05, 3.63) is 35.6 Å². The van der Waals surface area contributed by atoms with E-state index in [-0.39, 0.29) is 40.4 Å². The van der Waals surface area contributed by atoms with Gasteiger partial charge in [0.25, 0.3) is 0 Å². The van der Waals surface area contributed by atoms with Crippen molar-refractivity contribution in [1.29, 1.82) is 0 Å². The second kappa shape index (κ2) is 15.5. The summed E-state index contributed by atoms with van der Waals surface area (Å²) < 4.78 is 13.1. The molecule has 242 valence electrons. The molecule has 2 heterocycles. The SMILES string of the molecule is CC(C)(C)NC(=O)C1(C2CCCCC2)CCN(C(=O)CCc2ccc(F)cc2)CC1.CCC1CC(C(N)=O)C(C)N(C)C1. The fourth-order valence-electron chi connectivity index (χ4n) is 7.32. The molecule has 2 saturated heterocycles. The zero-order chi connectivity index (χ0) is 31.8. The first-order chi connectivity index (χ1) is 20.3. The number of nitrogens with one attached hydrogen (secondary N) is 1. The number of piperidine rings is 2. The summed E-state index contributed by atoms with van der Waals surface area (Å²) in [5, 5.41) is 3.25. The molecule has 2 aliphatic heterocycles. The van der Waals surface area contributed by atoms with Crippen LogP contribution in [0.15, 0.2) is 24.3 Å². The average Bonchev–Trinajstić information content (AvgIpc) is 2.97. The molecule has 0 radical (unpaired) electrons. The predicted octanol–water partition coefficient (Wildman–Crippen LogP) is 5.70. The van der Waals surface area contributed by atoms with Crippen LogP contribution in [0.4, 0.5) is 4.39 Å². The first-order valence-electron chi connectivity index (χ1n) is 16.6. The van der Waals surface area contributed by atoms with E-state index in [4.69, 9.17) is 5.73 Å². The van der Waals surface area contributed by atoms with Crippen molar-refractivity contribution < 1.29 is 18.8 Å². The van der Waals surface area contributed by atoms with Gasteiger partial charge in [-0.1, -0.05) is 44.7 Å². The van der Waals surface area contributed by atoms with Crippen LogP contribution in [0.25, 0.3) is 0 Å². The summed E-state index contributed by atoms with van der Waals surface area (Å²) in [5.41, 5.74) is 5.75. The fraction of sp³-hybridized carbons (Fsp3) is 0.743. The highest BCUT2D eigenvalue weighted by Gasteiger charge is 2.48. The molecule has 3 aliphatic rings. The topological polar surface area (TPSA) is 95.7 Å². The molecule has 3 N–H and O–H groups in total.